The maximum atomic E-state index is 13.6. The van der Waals surface area contributed by atoms with Crippen molar-refractivity contribution in [3.63, 3.8) is 0 Å². The van der Waals surface area contributed by atoms with E-state index in [0.717, 1.165) is 10.3 Å². The fraction of sp³-hybridized carbons (Fsp3) is 0.167. The molecule has 2 heterocycles. The van der Waals surface area contributed by atoms with Crippen LogP contribution in [0.3, 0.4) is 0 Å². The number of benzene rings is 1. The SMILES string of the molecule is Nc1ncc(SC2Cc3ccc(F)c(C(=O)O)c3OB2O)s1. The zero-order valence-corrected chi connectivity index (χ0v) is 12.7. The van der Waals surface area contributed by atoms with Crippen LogP contribution in [0.2, 0.25) is 0 Å². The fourth-order valence-corrected chi connectivity index (χ4v) is 4.27. The summed E-state index contributed by atoms with van der Waals surface area (Å²) < 4.78 is 19.7. The van der Waals surface area contributed by atoms with Crippen LogP contribution in [0.1, 0.15) is 15.9 Å². The van der Waals surface area contributed by atoms with Gasteiger partial charge < -0.3 is 20.5 Å². The van der Waals surface area contributed by atoms with E-state index in [1.54, 1.807) is 6.20 Å². The quantitative estimate of drug-likeness (QED) is 0.730. The molecule has 0 radical (unpaired) electrons. The number of carboxylic acids is 1. The standard InChI is InChI=1S/C12H10BFN2O4S2/c14-6-2-1-5-3-7(21-8-4-16-12(15)22-8)13(19)20-10(5)9(6)11(17)18/h1-2,4,7,19H,3H2,(H2,15,16)(H,17,18). The fourth-order valence-electron chi connectivity index (χ4n) is 2.19. The molecule has 1 aromatic carbocycles. The number of anilines is 1. The minimum Gasteiger partial charge on any atom is -0.535 e. The van der Waals surface area contributed by atoms with Crippen molar-refractivity contribution < 1.29 is 24.0 Å². The number of rotatable bonds is 3. The van der Waals surface area contributed by atoms with Crippen LogP contribution in [0.25, 0.3) is 0 Å². The number of thiazole rings is 1. The highest BCUT2D eigenvalue weighted by Gasteiger charge is 2.38. The topological polar surface area (TPSA) is 106 Å². The van der Waals surface area contributed by atoms with Crippen molar-refractivity contribution in [1.29, 1.82) is 0 Å². The van der Waals surface area contributed by atoms with E-state index in [1.165, 1.54) is 29.2 Å². The molecular weight excluding hydrogens is 330 g/mol. The van der Waals surface area contributed by atoms with Gasteiger partial charge in [-0.1, -0.05) is 17.4 Å². The maximum absolute atomic E-state index is 13.6. The lowest BCUT2D eigenvalue weighted by molar-refractivity contribution is 0.0689. The number of halogens is 1. The largest absolute Gasteiger partial charge is 0.537 e. The first-order chi connectivity index (χ1) is 10.5. The van der Waals surface area contributed by atoms with E-state index in [0.29, 0.717) is 17.1 Å². The lowest BCUT2D eigenvalue weighted by Crippen LogP contribution is -2.40. The molecule has 1 atom stereocenters. The number of hydrogen-bond donors (Lipinski definition) is 3. The van der Waals surface area contributed by atoms with Gasteiger partial charge in [-0.25, -0.2) is 14.2 Å². The van der Waals surface area contributed by atoms with Gasteiger partial charge in [0.05, 0.1) is 15.6 Å². The number of nitrogen functional groups attached to an aromatic ring is 1. The molecule has 0 aliphatic carbocycles. The molecule has 114 valence electrons. The monoisotopic (exact) mass is 340 g/mol. The van der Waals surface area contributed by atoms with Crippen LogP contribution in [-0.2, 0) is 6.42 Å². The molecule has 10 heteroatoms. The number of fused-ring (bicyclic) bond motifs is 1. The first-order valence-electron chi connectivity index (χ1n) is 6.23. The molecule has 22 heavy (non-hydrogen) atoms. The molecule has 0 saturated carbocycles. The molecule has 4 N–H and O–H groups in total. The number of aromatic carboxylic acids is 1. The van der Waals surface area contributed by atoms with Crippen molar-refractivity contribution in [3.8, 4) is 5.75 Å². The third-order valence-electron chi connectivity index (χ3n) is 3.15. The molecule has 0 saturated heterocycles. The van der Waals surface area contributed by atoms with Crippen molar-refractivity contribution in [1.82, 2.24) is 4.98 Å². The van der Waals surface area contributed by atoms with Crippen LogP contribution in [0.4, 0.5) is 9.52 Å². The van der Waals surface area contributed by atoms with Gasteiger partial charge in [-0.3, -0.25) is 0 Å². The number of hydrogen-bond acceptors (Lipinski definition) is 7. The second-order valence-corrected chi connectivity index (χ2v) is 7.20. The zero-order valence-electron chi connectivity index (χ0n) is 11.0. The molecular formula is C12H10BFN2O4S2. The highest BCUT2D eigenvalue weighted by molar-refractivity contribution is 8.03. The summed E-state index contributed by atoms with van der Waals surface area (Å²) >= 11 is 2.62. The Labute approximate surface area is 133 Å². The summed E-state index contributed by atoms with van der Waals surface area (Å²) in [7, 11) is -1.25. The Morgan fingerprint density at radius 3 is 3.00 bits per heavy atom. The molecule has 2 aromatic rings. The average molecular weight is 340 g/mol. The van der Waals surface area contributed by atoms with Crippen LogP contribution in [-0.4, -0.2) is 33.4 Å². The maximum Gasteiger partial charge on any atom is 0.537 e. The number of carboxylic acid groups (broad SMARTS) is 1. The summed E-state index contributed by atoms with van der Waals surface area (Å²) in [4.78, 5) is 15.1. The first kappa shape index (κ1) is 15.1. The number of thioether (sulfide) groups is 1. The van der Waals surface area contributed by atoms with Gasteiger partial charge in [0, 0.05) is 0 Å². The number of nitrogens with zero attached hydrogens (tertiary/aromatic N) is 1. The van der Waals surface area contributed by atoms with Crippen LogP contribution >= 0.6 is 23.1 Å². The second kappa shape index (κ2) is 5.78. The summed E-state index contributed by atoms with van der Waals surface area (Å²) in [6, 6.07) is 2.56. The predicted octanol–water partition coefficient (Wildman–Crippen LogP) is 1.68. The predicted molar refractivity (Wildman–Crippen MR) is 81.8 cm³/mol. The van der Waals surface area contributed by atoms with Crippen molar-refractivity contribution in [2.24, 2.45) is 0 Å². The molecule has 1 unspecified atom stereocenters. The molecule has 0 fully saturated rings. The first-order valence-corrected chi connectivity index (χ1v) is 7.92. The van der Waals surface area contributed by atoms with Gasteiger partial charge >= 0.3 is 13.1 Å². The highest BCUT2D eigenvalue weighted by Crippen LogP contribution is 2.39. The summed E-state index contributed by atoms with van der Waals surface area (Å²) in [5.74, 6) is -2.43. The van der Waals surface area contributed by atoms with E-state index >= 15 is 0 Å². The minimum atomic E-state index is -1.43. The third-order valence-corrected chi connectivity index (χ3v) is 5.35. The van der Waals surface area contributed by atoms with E-state index in [1.807, 2.05) is 0 Å². The third kappa shape index (κ3) is 2.76. The molecule has 0 amide bonds. The highest BCUT2D eigenvalue weighted by atomic mass is 32.2. The Bertz CT molecular complexity index is 742. The Morgan fingerprint density at radius 2 is 2.36 bits per heavy atom. The van der Waals surface area contributed by atoms with Crippen molar-refractivity contribution in [2.75, 3.05) is 5.73 Å². The van der Waals surface area contributed by atoms with E-state index in [-0.39, 0.29) is 10.9 Å². The van der Waals surface area contributed by atoms with Gasteiger partial charge in [-0.2, -0.15) is 0 Å². The van der Waals surface area contributed by atoms with Crippen molar-refractivity contribution >= 4 is 41.3 Å². The lowest BCUT2D eigenvalue weighted by atomic mass is 9.77. The van der Waals surface area contributed by atoms with Gasteiger partial charge in [0.15, 0.2) is 5.13 Å². The smallest absolute Gasteiger partial charge is 0.535 e. The van der Waals surface area contributed by atoms with Crippen LogP contribution < -0.4 is 10.4 Å². The number of aromatic nitrogens is 1. The van der Waals surface area contributed by atoms with Crippen LogP contribution in [0.15, 0.2) is 22.5 Å². The number of nitrogens with two attached hydrogens (primary N) is 1. The Hall–Kier alpha value is -1.78. The molecule has 1 aromatic heterocycles. The van der Waals surface area contributed by atoms with Crippen LogP contribution in [0.5, 0.6) is 5.75 Å². The molecule has 0 spiro atoms. The van der Waals surface area contributed by atoms with E-state index in [4.69, 9.17) is 15.5 Å². The van der Waals surface area contributed by atoms with Crippen molar-refractivity contribution in [2.45, 2.75) is 15.8 Å². The second-order valence-electron chi connectivity index (χ2n) is 4.60. The van der Waals surface area contributed by atoms with Gasteiger partial charge in [0.2, 0.25) is 0 Å². The Morgan fingerprint density at radius 1 is 1.59 bits per heavy atom. The van der Waals surface area contributed by atoms with Gasteiger partial charge in [-0.15, -0.1) is 11.8 Å². The van der Waals surface area contributed by atoms with Gasteiger partial charge in [-0.05, 0) is 18.1 Å². The minimum absolute atomic E-state index is 0.110. The zero-order chi connectivity index (χ0) is 15.9. The molecule has 1 aliphatic rings. The molecule has 6 nitrogen and oxygen atoms in total. The van der Waals surface area contributed by atoms with E-state index < -0.39 is 24.5 Å². The molecule has 3 rings (SSSR count). The summed E-state index contributed by atoms with van der Waals surface area (Å²) in [5, 5.41) is 19.2. The van der Waals surface area contributed by atoms with Gasteiger partial charge in [0.1, 0.15) is 17.1 Å². The molecule has 0 bridgehead atoms. The summed E-state index contributed by atoms with van der Waals surface area (Å²) in [6.45, 7) is 0. The lowest BCUT2D eigenvalue weighted by Gasteiger charge is -2.27. The van der Waals surface area contributed by atoms with Gasteiger partial charge in [0.25, 0.3) is 0 Å². The van der Waals surface area contributed by atoms with E-state index in [2.05, 4.69) is 4.98 Å². The van der Waals surface area contributed by atoms with E-state index in [9.17, 15) is 14.2 Å². The summed E-state index contributed by atoms with van der Waals surface area (Å²) in [5.41, 5.74) is 5.55. The van der Waals surface area contributed by atoms with Crippen molar-refractivity contribution in [3.05, 3.63) is 35.3 Å². The molecule has 1 aliphatic heterocycles. The Balaban J connectivity index is 1.89. The van der Waals surface area contributed by atoms with Crippen LogP contribution in [0, 0.1) is 5.82 Å². The Kier molecular flexibility index (Phi) is 3.98. The number of carbonyl (C=O) groups is 1. The average Bonchev–Trinajstić information content (AvgIpc) is 2.85. The normalized spacial score (nSPS) is 17.0. The summed E-state index contributed by atoms with van der Waals surface area (Å²) in [6.07, 6.45) is 1.94.